The van der Waals surface area contributed by atoms with Crippen LogP contribution in [0.15, 0.2) is 110 Å². The zero-order valence-electron chi connectivity index (χ0n) is 25.8. The summed E-state index contributed by atoms with van der Waals surface area (Å²) >= 11 is 0. The number of hydrogen-bond acceptors (Lipinski definition) is 13. The second kappa shape index (κ2) is 20.9. The molecule has 48 heavy (non-hydrogen) atoms. The monoisotopic (exact) mass is 784 g/mol. The molecule has 0 amide bonds. The third-order valence-corrected chi connectivity index (χ3v) is 5.98. The first-order chi connectivity index (χ1) is 22.7. The maximum absolute atomic E-state index is 8.25. The van der Waals surface area contributed by atoms with E-state index in [1.807, 2.05) is 119 Å². The van der Waals surface area contributed by atoms with E-state index >= 15 is 0 Å². The molecule has 0 atom stereocenters. The van der Waals surface area contributed by atoms with Gasteiger partial charge in [0.05, 0.1) is 27.3 Å². The van der Waals surface area contributed by atoms with Crippen molar-refractivity contribution in [2.75, 3.05) is 13.2 Å². The zero-order valence-corrected chi connectivity index (χ0v) is 29.0. The van der Waals surface area contributed by atoms with Crippen molar-refractivity contribution in [2.24, 2.45) is 0 Å². The van der Waals surface area contributed by atoms with Crippen LogP contribution in [0.2, 0.25) is 0 Å². The molecule has 0 saturated carbocycles. The Bertz CT molecular complexity index is 1590. The summed E-state index contributed by atoms with van der Waals surface area (Å²) in [6.07, 6.45) is 11.1. The van der Waals surface area contributed by atoms with E-state index in [0.717, 1.165) is 47.4 Å². The van der Waals surface area contributed by atoms with E-state index in [2.05, 4.69) is 15.0 Å². The van der Waals surface area contributed by atoms with Crippen molar-refractivity contribution >= 4 is 7.12 Å². The van der Waals surface area contributed by atoms with E-state index in [-0.39, 0.29) is 40.8 Å². The van der Waals surface area contributed by atoms with E-state index in [0.29, 0.717) is 0 Å². The van der Waals surface area contributed by atoms with Crippen molar-refractivity contribution in [3.05, 3.63) is 141 Å². The van der Waals surface area contributed by atoms with Gasteiger partial charge in [0.25, 0.3) is 0 Å². The Morgan fingerprint density at radius 2 is 0.854 bits per heavy atom. The van der Waals surface area contributed by atoms with Crippen LogP contribution in [-0.2, 0) is 4.74 Å². The van der Waals surface area contributed by atoms with Crippen LogP contribution >= 0.6 is 0 Å². The van der Waals surface area contributed by atoms with Gasteiger partial charge in [-0.2, -0.15) is 0 Å². The fraction of sp³-hybridized carbons (Fsp3) is 0.143. The number of aromatic nitrogens is 9. The SMILES string of the molecule is CCOCC.O=[N+]([O-])[O-].O=[N+]([O-])[O-].[Nd+3].c1ccc(-c2ccn([BH-](n3ccc(-c4ccccn4)n3)n3ccc(-c4ccccn4)n3)n2)nc1. The minimum absolute atomic E-state index is 0. The van der Waals surface area contributed by atoms with Crippen molar-refractivity contribution < 1.29 is 55.7 Å². The summed E-state index contributed by atoms with van der Waals surface area (Å²) in [5, 5.41) is 44.0. The molecule has 0 aliphatic rings. The molecule has 6 aromatic heterocycles. The minimum Gasteiger partial charge on any atom is -0.402 e. The summed E-state index contributed by atoms with van der Waals surface area (Å²) in [4.78, 5) is 29.8. The van der Waals surface area contributed by atoms with Crippen LogP contribution < -0.4 is 0 Å². The fourth-order valence-corrected chi connectivity index (χ4v) is 4.16. The van der Waals surface area contributed by atoms with Crippen LogP contribution in [0.1, 0.15) is 13.8 Å². The number of rotatable bonds is 8. The molecule has 245 valence electrons. The van der Waals surface area contributed by atoms with Crippen LogP contribution in [0.4, 0.5) is 0 Å². The van der Waals surface area contributed by atoms with Gasteiger partial charge in [-0.3, -0.25) is 15.0 Å². The Hall–Kier alpha value is -5.14. The molecular formula is C28H29BN11NdO7. The molecule has 0 aromatic carbocycles. The molecule has 0 spiro atoms. The fourth-order valence-electron chi connectivity index (χ4n) is 4.16. The van der Waals surface area contributed by atoms with Gasteiger partial charge in [-0.05, 0) is 87.0 Å². The normalized spacial score (nSPS) is 9.81. The van der Waals surface area contributed by atoms with Gasteiger partial charge in [0.1, 0.15) is 17.1 Å². The van der Waals surface area contributed by atoms with Crippen LogP contribution in [0.3, 0.4) is 0 Å². The molecule has 0 fully saturated rings. The van der Waals surface area contributed by atoms with E-state index in [4.69, 9.17) is 50.7 Å². The molecule has 0 unspecified atom stereocenters. The Balaban J connectivity index is 0.000000492. The molecule has 0 N–H and O–H groups in total. The predicted octanol–water partition coefficient (Wildman–Crippen LogP) is 3.69. The average molecular weight is 787 g/mol. The van der Waals surface area contributed by atoms with E-state index in [1.54, 1.807) is 18.6 Å². The average Bonchev–Trinajstić information content (AvgIpc) is 3.86. The molecule has 6 rings (SSSR count). The summed E-state index contributed by atoms with van der Waals surface area (Å²) in [5.41, 5.74) is 4.78. The van der Waals surface area contributed by atoms with E-state index in [9.17, 15) is 0 Å². The number of ether oxygens (including phenoxy) is 1. The summed E-state index contributed by atoms with van der Waals surface area (Å²) in [6, 6.07) is 23.2. The third kappa shape index (κ3) is 12.6. The van der Waals surface area contributed by atoms with Gasteiger partial charge in [-0.15, -0.1) is 0 Å². The summed E-state index contributed by atoms with van der Waals surface area (Å²) in [6.45, 7) is 5.67. The van der Waals surface area contributed by atoms with Crippen LogP contribution in [-0.4, -0.2) is 74.5 Å². The second-order valence-corrected chi connectivity index (χ2v) is 9.02. The molecule has 18 nitrogen and oxygen atoms in total. The topological polar surface area (TPSA) is 234 Å². The first-order valence-electron chi connectivity index (χ1n) is 14.0. The number of pyridine rings is 3. The molecule has 6 aromatic rings. The number of hydrogen-bond donors (Lipinski definition) is 0. The summed E-state index contributed by atoms with van der Waals surface area (Å²) < 4.78 is 10.5. The van der Waals surface area contributed by atoms with Gasteiger partial charge in [-0.25, -0.2) is 15.3 Å². The van der Waals surface area contributed by atoms with Crippen LogP contribution in [0.5, 0.6) is 0 Å². The smallest absolute Gasteiger partial charge is 0.402 e. The van der Waals surface area contributed by atoms with Crippen molar-refractivity contribution in [1.29, 1.82) is 0 Å². The van der Waals surface area contributed by atoms with E-state index < -0.39 is 17.3 Å². The first-order valence-corrected chi connectivity index (χ1v) is 14.0. The Kier molecular flexibility index (Phi) is 17.0. The Labute approximate surface area is 307 Å². The maximum atomic E-state index is 8.25. The van der Waals surface area contributed by atoms with Gasteiger partial charge < -0.3 is 49.2 Å². The van der Waals surface area contributed by atoms with Gasteiger partial charge in [0.15, 0.2) is 0 Å². The Morgan fingerprint density at radius 3 is 1.06 bits per heavy atom. The largest absolute Gasteiger partial charge is 3.00 e. The molecule has 0 saturated heterocycles. The van der Waals surface area contributed by atoms with Crippen LogP contribution in [0.25, 0.3) is 34.2 Å². The second-order valence-electron chi connectivity index (χ2n) is 9.02. The maximum Gasteiger partial charge on any atom is 3.00 e. The van der Waals surface area contributed by atoms with Crippen molar-refractivity contribution in [3.8, 4) is 34.2 Å². The standard InChI is InChI=1S/C24H19BN9.C4H10O.2NO3.Nd/c1-4-13-26-19(7-1)22-10-16-32(29-22)25(33-17-11-23(30-33)20-8-2-5-14-27-20)34-18-12-24(31-34)21-9-3-6-15-28-21;1-3-5-4-2;2*2-1(3)4;/h1-18,25H;3-4H2,1-2H3;;;/q-1;;2*-1;+3. The van der Waals surface area contributed by atoms with Gasteiger partial charge in [0.2, 0.25) is 0 Å². The molecule has 1 radical (unpaired) electrons. The molecule has 0 aliphatic heterocycles. The van der Waals surface area contributed by atoms with Gasteiger partial charge in [0, 0.05) is 31.8 Å². The van der Waals surface area contributed by atoms with Crippen LogP contribution in [0, 0.1) is 71.5 Å². The molecule has 0 bridgehead atoms. The molecular weight excluding hydrogens is 757 g/mol. The first kappa shape index (κ1) is 39.0. The Morgan fingerprint density at radius 1 is 0.562 bits per heavy atom. The molecule has 20 heteroatoms. The van der Waals surface area contributed by atoms with E-state index in [1.165, 1.54) is 0 Å². The molecule has 6 heterocycles. The van der Waals surface area contributed by atoms with Gasteiger partial charge in [-0.1, -0.05) is 18.2 Å². The molecule has 0 aliphatic carbocycles. The summed E-state index contributed by atoms with van der Waals surface area (Å²) in [5.74, 6) is 0. The van der Waals surface area contributed by atoms with Crippen molar-refractivity contribution in [1.82, 2.24) is 44.0 Å². The summed E-state index contributed by atoms with van der Waals surface area (Å²) in [7, 11) is -1.56. The number of nitrogens with zero attached hydrogens (tertiary/aromatic N) is 11. The van der Waals surface area contributed by atoms with Crippen molar-refractivity contribution in [2.45, 2.75) is 13.8 Å². The van der Waals surface area contributed by atoms with Crippen molar-refractivity contribution in [3.63, 3.8) is 0 Å². The quantitative estimate of drug-likeness (QED) is 0.122. The minimum atomic E-state index is -1.75. The zero-order chi connectivity index (χ0) is 34.0. The predicted molar refractivity (Wildman–Crippen MR) is 173 cm³/mol. The third-order valence-electron chi connectivity index (χ3n) is 5.98. The van der Waals surface area contributed by atoms with Gasteiger partial charge >= 0.3 is 48.0 Å².